The first kappa shape index (κ1) is 19.8. The smallest absolute Gasteiger partial charge is 0.265 e. The van der Waals surface area contributed by atoms with E-state index in [9.17, 15) is 26.7 Å². The number of hydrogen-bond acceptors (Lipinski definition) is 3. The highest BCUT2D eigenvalue weighted by Gasteiger charge is 2.26. The van der Waals surface area contributed by atoms with Crippen molar-refractivity contribution in [3.05, 3.63) is 63.4 Å². The second-order valence-corrected chi connectivity index (χ2v) is 5.87. The Morgan fingerprint density at radius 1 is 1.00 bits per heavy atom. The van der Waals surface area contributed by atoms with Crippen LogP contribution in [0.3, 0.4) is 0 Å². The van der Waals surface area contributed by atoms with Gasteiger partial charge in [-0.3, -0.25) is 4.79 Å². The quantitative estimate of drug-likeness (QED) is 0.246. The van der Waals surface area contributed by atoms with Crippen LogP contribution in [0.15, 0.2) is 33.9 Å². The molecule has 0 bridgehead atoms. The molecule has 0 atom stereocenters. The zero-order valence-corrected chi connectivity index (χ0v) is 14.6. The lowest BCUT2D eigenvalue weighted by atomic mass is 10.1. The highest BCUT2D eigenvalue weighted by Crippen LogP contribution is 2.27. The van der Waals surface area contributed by atoms with Gasteiger partial charge in [0, 0.05) is 4.47 Å². The molecule has 0 aliphatic heterocycles. The summed E-state index contributed by atoms with van der Waals surface area (Å²) >= 11 is 3.26. The zero-order chi connectivity index (χ0) is 19.4. The topological polar surface area (TPSA) is 50.7 Å². The summed E-state index contributed by atoms with van der Waals surface area (Å²) in [5, 5.41) is 5.22. The summed E-state index contributed by atoms with van der Waals surface area (Å²) in [6, 6.07) is 6.96. The molecule has 0 heterocycles. The lowest BCUT2D eigenvalue weighted by Gasteiger charge is -2.09. The SMILES string of the molecule is C/C(=N\OCC(=O)Nc1c(F)c(F)c(F)c(F)c1F)c1ccc(Br)cc1. The van der Waals surface area contributed by atoms with Gasteiger partial charge in [0.2, 0.25) is 5.82 Å². The molecular weight excluding hydrogens is 427 g/mol. The van der Waals surface area contributed by atoms with Crippen LogP contribution in [0, 0.1) is 29.1 Å². The molecular formula is C16H10BrF5N2O2. The number of amides is 1. The minimum absolute atomic E-state index is 0.404. The van der Waals surface area contributed by atoms with E-state index in [0.29, 0.717) is 11.3 Å². The summed E-state index contributed by atoms with van der Waals surface area (Å²) in [7, 11) is 0. The highest BCUT2D eigenvalue weighted by molar-refractivity contribution is 9.10. The minimum atomic E-state index is -2.32. The summed E-state index contributed by atoms with van der Waals surface area (Å²) in [5.74, 6) is -12.1. The van der Waals surface area contributed by atoms with Gasteiger partial charge in [0.1, 0.15) is 5.69 Å². The molecule has 0 radical (unpaired) electrons. The number of carbonyl (C=O) groups excluding carboxylic acids is 1. The Morgan fingerprint density at radius 3 is 2.04 bits per heavy atom. The zero-order valence-electron chi connectivity index (χ0n) is 13.0. The van der Waals surface area contributed by atoms with Gasteiger partial charge >= 0.3 is 0 Å². The van der Waals surface area contributed by atoms with Crippen molar-refractivity contribution >= 4 is 33.2 Å². The molecule has 0 saturated heterocycles. The number of anilines is 1. The van der Waals surface area contributed by atoms with Gasteiger partial charge in [-0.25, -0.2) is 22.0 Å². The third kappa shape index (κ3) is 4.37. The number of oxime groups is 1. The van der Waals surface area contributed by atoms with Crippen molar-refractivity contribution in [2.75, 3.05) is 11.9 Å². The maximum atomic E-state index is 13.5. The second-order valence-electron chi connectivity index (χ2n) is 4.95. The molecule has 1 N–H and O–H groups in total. The number of nitrogens with one attached hydrogen (secondary N) is 1. The highest BCUT2D eigenvalue weighted by atomic mass is 79.9. The fraction of sp³-hybridized carbons (Fsp3) is 0.125. The molecule has 2 aromatic carbocycles. The number of benzene rings is 2. The summed E-state index contributed by atoms with van der Waals surface area (Å²) < 4.78 is 66.8. The van der Waals surface area contributed by atoms with Gasteiger partial charge in [0.15, 0.2) is 29.9 Å². The Balaban J connectivity index is 2.04. The van der Waals surface area contributed by atoms with E-state index in [1.165, 1.54) is 0 Å². The van der Waals surface area contributed by atoms with Gasteiger partial charge in [0.25, 0.3) is 5.91 Å². The molecule has 0 aromatic heterocycles. The van der Waals surface area contributed by atoms with E-state index in [1.807, 2.05) is 0 Å². The van der Waals surface area contributed by atoms with Gasteiger partial charge < -0.3 is 10.2 Å². The van der Waals surface area contributed by atoms with Crippen LogP contribution in [-0.2, 0) is 9.63 Å². The molecule has 0 aliphatic carbocycles. The van der Waals surface area contributed by atoms with Gasteiger partial charge in [-0.15, -0.1) is 0 Å². The van der Waals surface area contributed by atoms with Crippen LogP contribution >= 0.6 is 15.9 Å². The molecule has 10 heteroatoms. The number of carbonyl (C=O) groups is 1. The molecule has 0 unspecified atom stereocenters. The normalized spacial score (nSPS) is 11.4. The van der Waals surface area contributed by atoms with Crippen LogP contribution in [0.1, 0.15) is 12.5 Å². The maximum Gasteiger partial charge on any atom is 0.265 e. The van der Waals surface area contributed by atoms with E-state index in [4.69, 9.17) is 4.84 Å². The first-order valence-electron chi connectivity index (χ1n) is 6.96. The van der Waals surface area contributed by atoms with Crippen LogP contribution in [0.5, 0.6) is 0 Å². The number of hydrogen-bond donors (Lipinski definition) is 1. The van der Waals surface area contributed by atoms with Crippen molar-refractivity contribution < 1.29 is 31.6 Å². The Morgan fingerprint density at radius 2 is 1.50 bits per heavy atom. The molecule has 0 aliphatic rings. The van der Waals surface area contributed by atoms with E-state index in [2.05, 4.69) is 21.1 Å². The van der Waals surface area contributed by atoms with Gasteiger partial charge in [0.05, 0.1) is 5.71 Å². The predicted octanol–water partition coefficient (Wildman–Crippen LogP) is 4.52. The summed E-state index contributed by atoms with van der Waals surface area (Å²) in [6.45, 7) is 0.790. The molecule has 26 heavy (non-hydrogen) atoms. The number of halogens is 6. The molecule has 2 rings (SSSR count). The standard InChI is InChI=1S/C16H10BrF5N2O2/c1-7(8-2-4-9(17)5-3-8)24-26-6-10(25)23-16-14(21)12(19)11(18)13(20)15(16)22/h2-5H,6H2,1H3,(H,23,25)/b24-7+. The molecule has 0 spiro atoms. The van der Waals surface area contributed by atoms with Crippen LogP contribution in [0.25, 0.3) is 0 Å². The predicted molar refractivity (Wildman–Crippen MR) is 87.2 cm³/mol. The first-order valence-corrected chi connectivity index (χ1v) is 7.75. The Hall–Kier alpha value is -2.49. The largest absolute Gasteiger partial charge is 0.385 e. The Labute approximate surface area is 152 Å². The summed E-state index contributed by atoms with van der Waals surface area (Å²) in [5.41, 5.74) is -0.362. The van der Waals surface area contributed by atoms with E-state index < -0.39 is 47.3 Å². The van der Waals surface area contributed by atoms with E-state index >= 15 is 0 Å². The molecule has 2 aromatic rings. The molecule has 1 amide bonds. The Bertz CT molecular complexity index is 843. The van der Waals surface area contributed by atoms with Crippen LogP contribution in [0.4, 0.5) is 27.6 Å². The van der Waals surface area contributed by atoms with Crippen LogP contribution in [-0.4, -0.2) is 18.2 Å². The van der Waals surface area contributed by atoms with Gasteiger partial charge in [-0.05, 0) is 24.6 Å². The van der Waals surface area contributed by atoms with Gasteiger partial charge in [-0.2, -0.15) is 0 Å². The van der Waals surface area contributed by atoms with E-state index in [0.717, 1.165) is 4.47 Å². The van der Waals surface area contributed by atoms with Crippen LogP contribution < -0.4 is 5.32 Å². The van der Waals surface area contributed by atoms with Crippen LogP contribution in [0.2, 0.25) is 0 Å². The van der Waals surface area contributed by atoms with Crippen molar-refractivity contribution in [2.45, 2.75) is 6.92 Å². The minimum Gasteiger partial charge on any atom is -0.385 e. The monoisotopic (exact) mass is 436 g/mol. The maximum absolute atomic E-state index is 13.5. The molecule has 4 nitrogen and oxygen atoms in total. The fourth-order valence-electron chi connectivity index (χ4n) is 1.82. The molecule has 138 valence electrons. The lowest BCUT2D eigenvalue weighted by molar-refractivity contribution is -0.120. The average molecular weight is 437 g/mol. The third-order valence-corrected chi connectivity index (χ3v) is 3.66. The summed E-state index contributed by atoms with van der Waals surface area (Å²) in [6.07, 6.45) is 0. The Kier molecular flexibility index (Phi) is 6.30. The molecule has 0 saturated carbocycles. The number of rotatable bonds is 5. The van der Waals surface area contributed by atoms with Crippen molar-refractivity contribution in [1.82, 2.24) is 0 Å². The van der Waals surface area contributed by atoms with Crippen molar-refractivity contribution in [3.8, 4) is 0 Å². The fourth-order valence-corrected chi connectivity index (χ4v) is 2.09. The van der Waals surface area contributed by atoms with Crippen molar-refractivity contribution in [1.29, 1.82) is 0 Å². The molecule has 0 fully saturated rings. The van der Waals surface area contributed by atoms with Crippen molar-refractivity contribution in [3.63, 3.8) is 0 Å². The second kappa shape index (κ2) is 8.26. The average Bonchev–Trinajstić information content (AvgIpc) is 2.62. The van der Waals surface area contributed by atoms with Crippen molar-refractivity contribution in [2.24, 2.45) is 5.16 Å². The van der Waals surface area contributed by atoms with E-state index in [1.54, 1.807) is 36.5 Å². The third-order valence-electron chi connectivity index (χ3n) is 3.13. The first-order chi connectivity index (χ1) is 12.2. The summed E-state index contributed by atoms with van der Waals surface area (Å²) in [4.78, 5) is 16.3. The van der Waals surface area contributed by atoms with Gasteiger partial charge in [-0.1, -0.05) is 33.2 Å². The van der Waals surface area contributed by atoms with E-state index in [-0.39, 0.29) is 0 Å². The number of nitrogens with zero attached hydrogens (tertiary/aromatic N) is 1. The lowest BCUT2D eigenvalue weighted by Crippen LogP contribution is -2.20.